The van der Waals surface area contributed by atoms with E-state index in [0.29, 0.717) is 0 Å². The quantitative estimate of drug-likeness (QED) is 0.235. The third kappa shape index (κ3) is 6.16. The number of benzene rings is 3. The van der Waals surface area contributed by atoms with Crippen LogP contribution in [0.2, 0.25) is 0 Å². The van der Waals surface area contributed by atoms with Crippen LogP contribution in [0, 0.1) is 0 Å². The van der Waals surface area contributed by atoms with Gasteiger partial charge in [0.1, 0.15) is 17.5 Å². The van der Waals surface area contributed by atoms with Crippen LogP contribution in [-0.2, 0) is 18.9 Å². The highest BCUT2D eigenvalue weighted by molar-refractivity contribution is 9.09. The normalized spacial score (nSPS) is 23.3. The second-order valence-electron chi connectivity index (χ2n) is 7.91. The molecule has 0 saturated carbocycles. The Balaban J connectivity index is 1.57. The molecule has 1 aliphatic heterocycles. The van der Waals surface area contributed by atoms with Gasteiger partial charge in [0.15, 0.2) is 12.2 Å². The molecule has 3 aromatic carbocycles. The summed E-state index contributed by atoms with van der Waals surface area (Å²) < 4.78 is 36.9. The average molecular weight is 557 g/mol. The highest BCUT2D eigenvalue weighted by Crippen LogP contribution is 2.33. The lowest BCUT2D eigenvalue weighted by Gasteiger charge is -2.40. The Morgan fingerprint density at radius 2 is 1.11 bits per heavy atom. The molecule has 0 radical (unpaired) electrons. The third-order valence-electron chi connectivity index (χ3n) is 5.45. The van der Waals surface area contributed by atoms with Crippen LogP contribution in [0.3, 0.4) is 0 Å². The standard InChI is InChI=1S/C27H22BrFO7/c28-21-23(36-27(32)19-14-8-3-9-15-19)22(35-26(31)18-12-6-2-7-13-18)20(34-24(21)29)16-33-25(30)17-10-4-1-5-11-17/h1-15,20-24H,16H2/t20-,21-,22+,23-,24+/m1/s1. The molecule has 36 heavy (non-hydrogen) atoms. The number of carbonyl (C=O) groups excluding carboxylic acids is 3. The molecule has 186 valence electrons. The van der Waals surface area contributed by atoms with Crippen molar-refractivity contribution in [3.8, 4) is 0 Å². The molecule has 0 aliphatic carbocycles. The number of hydrogen-bond donors (Lipinski definition) is 0. The lowest BCUT2D eigenvalue weighted by atomic mass is 10.0. The maximum Gasteiger partial charge on any atom is 0.338 e. The van der Waals surface area contributed by atoms with Crippen molar-refractivity contribution < 1.29 is 37.7 Å². The van der Waals surface area contributed by atoms with Crippen LogP contribution >= 0.6 is 15.9 Å². The molecule has 9 heteroatoms. The van der Waals surface area contributed by atoms with Crippen molar-refractivity contribution in [2.24, 2.45) is 0 Å². The summed E-state index contributed by atoms with van der Waals surface area (Å²) in [5.74, 6) is -2.14. The van der Waals surface area contributed by atoms with Crippen LogP contribution in [0.5, 0.6) is 0 Å². The Bertz CT molecular complexity index is 1180. The summed E-state index contributed by atoms with van der Waals surface area (Å²) >= 11 is 3.18. The van der Waals surface area contributed by atoms with E-state index >= 15 is 0 Å². The molecule has 5 atom stereocenters. The number of carbonyl (C=O) groups is 3. The van der Waals surface area contributed by atoms with Gasteiger partial charge in [-0.15, -0.1) is 0 Å². The third-order valence-corrected chi connectivity index (χ3v) is 6.39. The summed E-state index contributed by atoms with van der Waals surface area (Å²) in [6.45, 7) is -0.444. The molecule has 1 saturated heterocycles. The van der Waals surface area contributed by atoms with Crippen molar-refractivity contribution in [1.82, 2.24) is 0 Å². The highest BCUT2D eigenvalue weighted by Gasteiger charge is 2.50. The number of rotatable bonds is 7. The largest absolute Gasteiger partial charge is 0.459 e. The van der Waals surface area contributed by atoms with Gasteiger partial charge in [0, 0.05) is 0 Å². The SMILES string of the molecule is O=C(OC[C@H]1O[C@H](F)[C@H](Br)[C@@H](OC(=O)c2ccccc2)[C@H]1OC(=O)c1ccccc1)c1ccccc1. The first-order valence-electron chi connectivity index (χ1n) is 11.1. The first kappa shape index (κ1) is 25.5. The van der Waals surface area contributed by atoms with Gasteiger partial charge >= 0.3 is 17.9 Å². The van der Waals surface area contributed by atoms with Gasteiger partial charge in [-0.2, -0.15) is 0 Å². The van der Waals surface area contributed by atoms with Crippen LogP contribution in [0.15, 0.2) is 91.0 Å². The van der Waals surface area contributed by atoms with Crippen molar-refractivity contribution in [3.63, 3.8) is 0 Å². The van der Waals surface area contributed by atoms with Crippen molar-refractivity contribution in [3.05, 3.63) is 108 Å². The van der Waals surface area contributed by atoms with Crippen LogP contribution in [0.25, 0.3) is 0 Å². The van der Waals surface area contributed by atoms with Crippen molar-refractivity contribution in [2.75, 3.05) is 6.61 Å². The number of alkyl halides is 2. The van der Waals surface area contributed by atoms with E-state index < -0.39 is 54.0 Å². The second-order valence-corrected chi connectivity index (χ2v) is 8.96. The zero-order valence-electron chi connectivity index (χ0n) is 18.9. The van der Waals surface area contributed by atoms with Gasteiger partial charge in [0.05, 0.1) is 16.7 Å². The molecule has 1 heterocycles. The first-order valence-corrected chi connectivity index (χ1v) is 12.0. The van der Waals surface area contributed by atoms with Gasteiger partial charge in [-0.05, 0) is 36.4 Å². The Morgan fingerprint density at radius 3 is 1.58 bits per heavy atom. The van der Waals surface area contributed by atoms with E-state index in [4.69, 9.17) is 18.9 Å². The van der Waals surface area contributed by atoms with Gasteiger partial charge in [-0.1, -0.05) is 70.5 Å². The summed E-state index contributed by atoms with van der Waals surface area (Å²) in [6, 6.07) is 24.5. The first-order chi connectivity index (χ1) is 17.4. The molecule has 4 rings (SSSR count). The summed E-state index contributed by atoms with van der Waals surface area (Å²) in [7, 11) is 0. The number of ether oxygens (including phenoxy) is 4. The van der Waals surface area contributed by atoms with Crippen molar-refractivity contribution in [1.29, 1.82) is 0 Å². The molecule has 0 bridgehead atoms. The molecular formula is C27H22BrFO7. The van der Waals surface area contributed by atoms with Crippen LogP contribution in [-0.4, -0.2) is 54.0 Å². The lowest BCUT2D eigenvalue weighted by Crippen LogP contribution is -2.58. The summed E-state index contributed by atoms with van der Waals surface area (Å²) in [6.07, 6.45) is -5.76. The Hall–Kier alpha value is -3.56. The van der Waals surface area contributed by atoms with E-state index in [1.807, 2.05) is 0 Å². The predicted molar refractivity (Wildman–Crippen MR) is 130 cm³/mol. The highest BCUT2D eigenvalue weighted by atomic mass is 79.9. The minimum atomic E-state index is -1.94. The summed E-state index contributed by atoms with van der Waals surface area (Å²) in [4.78, 5) is 37.0. The van der Waals surface area contributed by atoms with Gasteiger partial charge in [-0.25, -0.2) is 18.8 Å². The van der Waals surface area contributed by atoms with Gasteiger partial charge in [0.25, 0.3) is 0 Å². The molecule has 1 aliphatic rings. The predicted octanol–water partition coefficient (Wildman–Crippen LogP) is 4.75. The minimum Gasteiger partial charge on any atom is -0.459 e. The zero-order chi connectivity index (χ0) is 25.5. The van der Waals surface area contributed by atoms with E-state index in [1.165, 1.54) is 0 Å². The Labute approximate surface area is 215 Å². The molecule has 0 spiro atoms. The molecule has 0 N–H and O–H groups in total. The van der Waals surface area contributed by atoms with E-state index in [-0.39, 0.29) is 16.7 Å². The van der Waals surface area contributed by atoms with E-state index in [1.54, 1.807) is 91.0 Å². The molecule has 0 unspecified atom stereocenters. The monoisotopic (exact) mass is 556 g/mol. The maximum absolute atomic E-state index is 14.9. The molecule has 0 aromatic heterocycles. The van der Waals surface area contributed by atoms with Crippen LogP contribution in [0.4, 0.5) is 4.39 Å². The van der Waals surface area contributed by atoms with Crippen molar-refractivity contribution in [2.45, 2.75) is 29.5 Å². The Morgan fingerprint density at radius 1 is 0.694 bits per heavy atom. The van der Waals surface area contributed by atoms with E-state index in [2.05, 4.69) is 15.9 Å². The lowest BCUT2D eigenvalue weighted by molar-refractivity contribution is -0.209. The van der Waals surface area contributed by atoms with Crippen LogP contribution < -0.4 is 0 Å². The topological polar surface area (TPSA) is 88.1 Å². The maximum atomic E-state index is 14.9. The number of halogens is 2. The smallest absolute Gasteiger partial charge is 0.338 e. The number of hydrogen-bond acceptors (Lipinski definition) is 7. The van der Waals surface area contributed by atoms with E-state index in [0.717, 1.165) is 0 Å². The summed E-state index contributed by atoms with van der Waals surface area (Å²) in [5, 5.41) is 0. The van der Waals surface area contributed by atoms with Gasteiger partial charge < -0.3 is 18.9 Å². The van der Waals surface area contributed by atoms with E-state index in [9.17, 15) is 18.8 Å². The minimum absolute atomic E-state index is 0.235. The van der Waals surface area contributed by atoms with Crippen LogP contribution in [0.1, 0.15) is 31.1 Å². The fourth-order valence-corrected chi connectivity index (χ4v) is 4.15. The average Bonchev–Trinajstić information content (AvgIpc) is 2.92. The zero-order valence-corrected chi connectivity index (χ0v) is 20.5. The van der Waals surface area contributed by atoms with Crippen molar-refractivity contribution >= 4 is 33.8 Å². The molecule has 3 aromatic rings. The molecular weight excluding hydrogens is 535 g/mol. The Kier molecular flexibility index (Phi) is 8.45. The molecule has 7 nitrogen and oxygen atoms in total. The summed E-state index contributed by atoms with van der Waals surface area (Å²) in [5.41, 5.74) is 0.756. The fraction of sp³-hybridized carbons (Fsp3) is 0.222. The molecule has 1 fully saturated rings. The number of esters is 3. The van der Waals surface area contributed by atoms with Gasteiger partial charge in [0.2, 0.25) is 6.36 Å². The second kappa shape index (κ2) is 11.9. The van der Waals surface area contributed by atoms with Gasteiger partial charge in [-0.3, -0.25) is 0 Å². The fourth-order valence-electron chi connectivity index (χ4n) is 3.62. The molecule has 0 amide bonds.